The first-order chi connectivity index (χ1) is 7.74. The largest absolute Gasteiger partial charge is 0.396 e. The van der Waals surface area contributed by atoms with Crippen molar-refractivity contribution in [1.82, 2.24) is 9.97 Å². The van der Waals surface area contributed by atoms with Gasteiger partial charge in [0.15, 0.2) is 0 Å². The lowest BCUT2D eigenvalue weighted by Gasteiger charge is -2.41. The Hall–Kier alpha value is -0.680. The summed E-state index contributed by atoms with van der Waals surface area (Å²) in [5, 5.41) is 12.3. The van der Waals surface area contributed by atoms with Crippen molar-refractivity contribution in [1.29, 1.82) is 0 Å². The third-order valence-corrected chi connectivity index (χ3v) is 3.71. The predicted octanol–water partition coefficient (Wildman–Crippen LogP) is 2.20. The number of rotatable bonds is 5. The summed E-state index contributed by atoms with van der Waals surface area (Å²) < 4.78 is 0.881. The smallest absolute Gasteiger partial charge is 0.222 e. The van der Waals surface area contributed by atoms with E-state index in [2.05, 4.69) is 31.2 Å². The maximum atomic E-state index is 9.04. The maximum absolute atomic E-state index is 9.04. The van der Waals surface area contributed by atoms with E-state index < -0.39 is 0 Å². The van der Waals surface area contributed by atoms with Crippen molar-refractivity contribution in [3.8, 4) is 0 Å². The second kappa shape index (κ2) is 5.10. The summed E-state index contributed by atoms with van der Waals surface area (Å²) in [5.74, 6) is 0.660. The van der Waals surface area contributed by atoms with E-state index >= 15 is 0 Å². The summed E-state index contributed by atoms with van der Waals surface area (Å²) in [6.45, 7) is 1.12. The van der Waals surface area contributed by atoms with Gasteiger partial charge in [-0.05, 0) is 40.6 Å². The summed E-state index contributed by atoms with van der Waals surface area (Å²) in [6.07, 6.45) is 7.98. The SMILES string of the molecule is OCCC1(CNc2ncc(Br)cn2)CCC1. The molecule has 1 aromatic heterocycles. The predicted molar refractivity (Wildman–Crippen MR) is 66.2 cm³/mol. The minimum Gasteiger partial charge on any atom is -0.396 e. The molecule has 1 aliphatic rings. The number of anilines is 1. The summed E-state index contributed by atoms with van der Waals surface area (Å²) in [7, 11) is 0. The topological polar surface area (TPSA) is 58.0 Å². The van der Waals surface area contributed by atoms with Crippen LogP contribution >= 0.6 is 15.9 Å². The number of hydrogen-bond donors (Lipinski definition) is 2. The van der Waals surface area contributed by atoms with Gasteiger partial charge in [0.05, 0.1) is 4.47 Å². The lowest BCUT2D eigenvalue weighted by atomic mass is 9.67. The first-order valence-corrected chi connectivity index (χ1v) is 6.36. The van der Waals surface area contributed by atoms with Gasteiger partial charge in [-0.15, -0.1) is 0 Å². The van der Waals surface area contributed by atoms with Gasteiger partial charge in [-0.2, -0.15) is 0 Å². The second-order valence-electron chi connectivity index (χ2n) is 4.41. The molecule has 16 heavy (non-hydrogen) atoms. The van der Waals surface area contributed by atoms with Crippen LogP contribution in [-0.4, -0.2) is 28.2 Å². The van der Waals surface area contributed by atoms with Crippen LogP contribution in [0, 0.1) is 5.41 Å². The highest BCUT2D eigenvalue weighted by Crippen LogP contribution is 2.43. The molecule has 1 heterocycles. The number of hydrogen-bond acceptors (Lipinski definition) is 4. The number of nitrogens with zero attached hydrogens (tertiary/aromatic N) is 2. The van der Waals surface area contributed by atoms with Gasteiger partial charge in [-0.3, -0.25) is 0 Å². The van der Waals surface area contributed by atoms with Gasteiger partial charge in [0.25, 0.3) is 0 Å². The second-order valence-corrected chi connectivity index (χ2v) is 5.32. The van der Waals surface area contributed by atoms with E-state index in [1.54, 1.807) is 12.4 Å². The molecule has 1 saturated carbocycles. The van der Waals surface area contributed by atoms with Crippen LogP contribution in [0.5, 0.6) is 0 Å². The lowest BCUT2D eigenvalue weighted by molar-refractivity contribution is 0.101. The van der Waals surface area contributed by atoms with Crippen LogP contribution in [0.3, 0.4) is 0 Å². The van der Waals surface area contributed by atoms with Crippen LogP contribution in [-0.2, 0) is 0 Å². The van der Waals surface area contributed by atoms with Crippen molar-refractivity contribution < 1.29 is 5.11 Å². The molecule has 0 bridgehead atoms. The molecule has 0 saturated heterocycles. The van der Waals surface area contributed by atoms with Gasteiger partial charge in [0, 0.05) is 25.5 Å². The van der Waals surface area contributed by atoms with Gasteiger partial charge in [-0.25, -0.2) is 9.97 Å². The zero-order valence-electron chi connectivity index (χ0n) is 9.12. The fourth-order valence-corrected chi connectivity index (χ4v) is 2.30. The quantitative estimate of drug-likeness (QED) is 0.871. The van der Waals surface area contributed by atoms with Crippen LogP contribution in [0.25, 0.3) is 0 Å². The van der Waals surface area contributed by atoms with Crippen LogP contribution in [0.2, 0.25) is 0 Å². The Kier molecular flexibility index (Phi) is 3.76. The molecule has 0 radical (unpaired) electrons. The molecule has 5 heteroatoms. The van der Waals surface area contributed by atoms with E-state index in [0.29, 0.717) is 5.95 Å². The number of aromatic nitrogens is 2. The molecule has 88 valence electrons. The highest BCUT2D eigenvalue weighted by Gasteiger charge is 2.36. The molecule has 2 N–H and O–H groups in total. The first-order valence-electron chi connectivity index (χ1n) is 5.56. The van der Waals surface area contributed by atoms with E-state index in [-0.39, 0.29) is 12.0 Å². The molecule has 0 atom stereocenters. The molecular weight excluding hydrogens is 270 g/mol. The molecule has 0 spiro atoms. The zero-order chi connectivity index (χ0) is 11.4. The fraction of sp³-hybridized carbons (Fsp3) is 0.636. The van der Waals surface area contributed by atoms with Gasteiger partial charge < -0.3 is 10.4 Å². The van der Waals surface area contributed by atoms with Crippen molar-refractivity contribution in [2.24, 2.45) is 5.41 Å². The third-order valence-electron chi connectivity index (χ3n) is 3.30. The van der Waals surface area contributed by atoms with E-state index in [1.807, 2.05) is 0 Å². The number of nitrogens with one attached hydrogen (secondary N) is 1. The number of halogens is 1. The third kappa shape index (κ3) is 2.71. The Morgan fingerprint density at radius 1 is 1.38 bits per heavy atom. The minimum atomic E-state index is 0.267. The Labute approximate surface area is 104 Å². The van der Waals surface area contributed by atoms with Gasteiger partial charge in [-0.1, -0.05) is 6.42 Å². The fourth-order valence-electron chi connectivity index (χ4n) is 2.10. The Balaban J connectivity index is 1.88. The lowest BCUT2D eigenvalue weighted by Crippen LogP contribution is -2.37. The van der Waals surface area contributed by atoms with E-state index in [4.69, 9.17) is 5.11 Å². The molecule has 2 rings (SSSR count). The molecule has 0 aromatic carbocycles. The molecular formula is C11H16BrN3O. The minimum absolute atomic E-state index is 0.267. The van der Waals surface area contributed by atoms with Gasteiger partial charge >= 0.3 is 0 Å². The monoisotopic (exact) mass is 285 g/mol. The van der Waals surface area contributed by atoms with Crippen LogP contribution < -0.4 is 5.32 Å². The summed E-state index contributed by atoms with van der Waals surface area (Å²) >= 11 is 3.30. The molecule has 1 aromatic rings. The number of aliphatic hydroxyl groups is 1. The highest BCUT2D eigenvalue weighted by atomic mass is 79.9. The van der Waals surface area contributed by atoms with Crippen molar-refractivity contribution >= 4 is 21.9 Å². The maximum Gasteiger partial charge on any atom is 0.222 e. The van der Waals surface area contributed by atoms with E-state index in [1.165, 1.54) is 19.3 Å². The molecule has 1 fully saturated rings. The van der Waals surface area contributed by atoms with Gasteiger partial charge in [0.1, 0.15) is 0 Å². The Morgan fingerprint density at radius 3 is 2.56 bits per heavy atom. The zero-order valence-corrected chi connectivity index (χ0v) is 10.7. The van der Waals surface area contributed by atoms with Crippen LogP contribution in [0.1, 0.15) is 25.7 Å². The average Bonchev–Trinajstić information content (AvgIpc) is 2.24. The molecule has 4 nitrogen and oxygen atoms in total. The molecule has 1 aliphatic carbocycles. The molecule has 0 aliphatic heterocycles. The van der Waals surface area contributed by atoms with Crippen LogP contribution in [0.4, 0.5) is 5.95 Å². The summed E-state index contributed by atoms with van der Waals surface area (Å²) in [5.41, 5.74) is 0.269. The first kappa shape index (κ1) is 11.8. The Bertz CT molecular complexity index is 338. The summed E-state index contributed by atoms with van der Waals surface area (Å²) in [4.78, 5) is 8.34. The van der Waals surface area contributed by atoms with E-state index in [0.717, 1.165) is 17.4 Å². The van der Waals surface area contributed by atoms with Crippen LogP contribution in [0.15, 0.2) is 16.9 Å². The van der Waals surface area contributed by atoms with Crippen molar-refractivity contribution in [2.75, 3.05) is 18.5 Å². The van der Waals surface area contributed by atoms with Crippen molar-refractivity contribution in [2.45, 2.75) is 25.7 Å². The molecule has 0 unspecified atom stereocenters. The highest BCUT2D eigenvalue weighted by molar-refractivity contribution is 9.10. The van der Waals surface area contributed by atoms with Gasteiger partial charge in [0.2, 0.25) is 5.95 Å². The van der Waals surface area contributed by atoms with E-state index in [9.17, 15) is 0 Å². The molecule has 0 amide bonds. The van der Waals surface area contributed by atoms with Crippen molar-refractivity contribution in [3.63, 3.8) is 0 Å². The Morgan fingerprint density at radius 2 is 2.06 bits per heavy atom. The average molecular weight is 286 g/mol. The van der Waals surface area contributed by atoms with Crippen molar-refractivity contribution in [3.05, 3.63) is 16.9 Å². The summed E-state index contributed by atoms with van der Waals surface area (Å²) in [6, 6.07) is 0. The standard InChI is InChI=1S/C11H16BrN3O/c12-9-6-13-10(14-7-9)15-8-11(4-5-16)2-1-3-11/h6-7,16H,1-5,8H2,(H,13,14,15). The normalized spacial score (nSPS) is 17.9. The number of aliphatic hydroxyl groups excluding tert-OH is 1.